The summed E-state index contributed by atoms with van der Waals surface area (Å²) < 4.78 is 38.8. The van der Waals surface area contributed by atoms with Gasteiger partial charge in [0.2, 0.25) is 0 Å². The van der Waals surface area contributed by atoms with Crippen LogP contribution < -0.4 is 33.2 Å². The van der Waals surface area contributed by atoms with E-state index in [9.17, 15) is 28.8 Å². The van der Waals surface area contributed by atoms with Gasteiger partial charge in [0, 0.05) is 59.2 Å². The maximum atomic E-state index is 12.1. The summed E-state index contributed by atoms with van der Waals surface area (Å²) in [5.41, 5.74) is 2.85. The van der Waals surface area contributed by atoms with E-state index in [1.54, 1.807) is 66.7 Å². The second kappa shape index (κ2) is 16.1. The molecule has 4 aromatic carbocycles. The lowest BCUT2D eigenvalue weighted by Crippen LogP contribution is -2.14. The van der Waals surface area contributed by atoms with Crippen LogP contribution in [0, 0.1) is 0 Å². The van der Waals surface area contributed by atoms with Crippen LogP contribution in [0.4, 0.5) is 0 Å². The van der Waals surface area contributed by atoms with Crippen LogP contribution in [0.2, 0.25) is 0 Å². The van der Waals surface area contributed by atoms with E-state index in [2.05, 4.69) is 0 Å². The summed E-state index contributed by atoms with van der Waals surface area (Å²) >= 11 is 0. The van der Waals surface area contributed by atoms with Crippen molar-refractivity contribution >= 4 is 48.0 Å². The summed E-state index contributed by atoms with van der Waals surface area (Å²) in [4.78, 5) is 71.5. The van der Waals surface area contributed by atoms with Gasteiger partial charge in [-0.15, -0.1) is 0 Å². The summed E-state index contributed by atoms with van der Waals surface area (Å²) in [6.45, 7) is 7.43. The first-order valence-electron chi connectivity index (χ1n) is 16.2. The number of carbonyl (C=O) groups is 6. The van der Waals surface area contributed by atoms with Crippen LogP contribution in [0.3, 0.4) is 0 Å². The Kier molecular flexibility index (Phi) is 11.4. The Morgan fingerprint density at radius 1 is 0.491 bits per heavy atom. The highest BCUT2D eigenvalue weighted by molar-refractivity contribution is 5.79. The summed E-state index contributed by atoms with van der Waals surface area (Å²) in [5.74, 6) is -3.30. The molecule has 1 aliphatic heterocycles. The average molecular weight is 723 g/mol. The normalized spacial score (nSPS) is 14.4. The Labute approximate surface area is 304 Å². The summed E-state index contributed by atoms with van der Waals surface area (Å²) in [6.07, 6.45) is 2.68. The molecule has 0 N–H and O–H groups in total. The minimum atomic E-state index is -0.897. The van der Waals surface area contributed by atoms with E-state index in [-0.39, 0.29) is 28.7 Å². The predicted molar refractivity (Wildman–Crippen MR) is 188 cm³/mol. The van der Waals surface area contributed by atoms with Crippen LogP contribution in [-0.4, -0.2) is 35.8 Å². The molecule has 4 aromatic rings. The van der Waals surface area contributed by atoms with Gasteiger partial charge in [-0.3, -0.25) is 28.8 Å². The van der Waals surface area contributed by atoms with Crippen molar-refractivity contribution in [3.05, 3.63) is 101 Å². The van der Waals surface area contributed by atoms with Crippen LogP contribution in [0.25, 0.3) is 12.2 Å². The Balaban J connectivity index is 1.74. The molecule has 53 heavy (non-hydrogen) atoms. The molecule has 13 heteroatoms. The highest BCUT2D eigenvalue weighted by atomic mass is 16.6. The Hall–Kier alpha value is -6.76. The molecular formula is C40H34O13. The van der Waals surface area contributed by atoms with E-state index in [1.807, 2.05) is 0 Å². The fourth-order valence-electron chi connectivity index (χ4n) is 5.77. The molecular weight excluding hydrogens is 688 g/mol. The Morgan fingerprint density at radius 2 is 1.00 bits per heavy atom. The first kappa shape index (κ1) is 37.5. The Bertz CT molecular complexity index is 2110. The third kappa shape index (κ3) is 9.73. The molecule has 0 fully saturated rings. The molecule has 0 spiro atoms. The number of hydrogen-bond acceptors (Lipinski definition) is 13. The number of hydrogen-bond donors (Lipinski definition) is 0. The minimum absolute atomic E-state index is 0.00185. The molecule has 5 rings (SSSR count). The third-order valence-electron chi connectivity index (χ3n) is 7.46. The molecule has 0 bridgehead atoms. The minimum Gasteiger partial charge on any atom is -0.484 e. The number of esters is 6. The molecule has 1 heterocycles. The van der Waals surface area contributed by atoms with E-state index >= 15 is 0 Å². The van der Waals surface area contributed by atoms with Crippen molar-refractivity contribution in [2.75, 3.05) is 0 Å². The van der Waals surface area contributed by atoms with Gasteiger partial charge in [0.05, 0.1) is 5.92 Å². The van der Waals surface area contributed by atoms with Crippen molar-refractivity contribution in [1.29, 1.82) is 0 Å². The van der Waals surface area contributed by atoms with E-state index in [4.69, 9.17) is 33.2 Å². The van der Waals surface area contributed by atoms with Gasteiger partial charge in [-0.2, -0.15) is 0 Å². The standard InChI is InChI=1S/C40H34O13/c1-21(41)47-31-12-8-27(9-13-31)7-10-28-15-34(50-24(4)44)20-37-38(28)39(30-16-32(48-22(2)42)19-33(17-30)49-23(3)43)40(53-37)29-11-14-35(51-25(5)45)36(18-29)52-26(6)46/h7-20,39-40H,1-6H3/t39-,40+/m1/s1. The topological polar surface area (TPSA) is 167 Å². The maximum absolute atomic E-state index is 12.1. The second-order valence-corrected chi connectivity index (χ2v) is 11.8. The summed E-state index contributed by atoms with van der Waals surface area (Å²) in [5, 5.41) is 0. The molecule has 272 valence electrons. The van der Waals surface area contributed by atoms with Crippen LogP contribution in [-0.2, 0) is 28.8 Å². The quantitative estimate of drug-likeness (QED) is 0.0968. The number of rotatable bonds is 10. The zero-order valence-electron chi connectivity index (χ0n) is 29.5. The van der Waals surface area contributed by atoms with Crippen molar-refractivity contribution < 1.29 is 61.9 Å². The molecule has 13 nitrogen and oxygen atoms in total. The molecule has 0 radical (unpaired) electrons. The van der Waals surface area contributed by atoms with Crippen LogP contribution in [0.15, 0.2) is 72.8 Å². The molecule has 0 saturated carbocycles. The van der Waals surface area contributed by atoms with Crippen LogP contribution in [0.1, 0.15) is 81.4 Å². The zero-order chi connectivity index (χ0) is 38.4. The summed E-state index contributed by atoms with van der Waals surface area (Å²) in [6, 6.07) is 19.2. The molecule has 0 aliphatic carbocycles. The third-order valence-corrected chi connectivity index (χ3v) is 7.46. The van der Waals surface area contributed by atoms with Crippen molar-refractivity contribution in [3.8, 4) is 40.2 Å². The maximum Gasteiger partial charge on any atom is 0.308 e. The average Bonchev–Trinajstić information content (AvgIpc) is 3.43. The van der Waals surface area contributed by atoms with Crippen molar-refractivity contribution in [3.63, 3.8) is 0 Å². The molecule has 0 amide bonds. The van der Waals surface area contributed by atoms with Crippen LogP contribution >= 0.6 is 0 Å². The number of fused-ring (bicyclic) bond motifs is 1. The first-order valence-corrected chi connectivity index (χ1v) is 16.2. The van der Waals surface area contributed by atoms with Gasteiger partial charge in [0.25, 0.3) is 0 Å². The lowest BCUT2D eigenvalue weighted by molar-refractivity contribution is -0.134. The van der Waals surface area contributed by atoms with Crippen molar-refractivity contribution in [1.82, 2.24) is 0 Å². The van der Waals surface area contributed by atoms with Gasteiger partial charge in [-0.05, 0) is 64.7 Å². The number of ether oxygens (including phenoxy) is 7. The van der Waals surface area contributed by atoms with E-state index < -0.39 is 47.8 Å². The van der Waals surface area contributed by atoms with Crippen LogP contribution in [0.5, 0.6) is 40.2 Å². The lowest BCUT2D eigenvalue weighted by Gasteiger charge is -2.23. The van der Waals surface area contributed by atoms with Gasteiger partial charge in [-0.1, -0.05) is 30.4 Å². The molecule has 2 atom stereocenters. The van der Waals surface area contributed by atoms with Gasteiger partial charge >= 0.3 is 35.8 Å². The first-order chi connectivity index (χ1) is 25.1. The smallest absolute Gasteiger partial charge is 0.308 e. The fourth-order valence-corrected chi connectivity index (χ4v) is 5.77. The summed E-state index contributed by atoms with van der Waals surface area (Å²) in [7, 11) is 0. The monoisotopic (exact) mass is 722 g/mol. The van der Waals surface area contributed by atoms with Gasteiger partial charge in [-0.25, -0.2) is 0 Å². The highest BCUT2D eigenvalue weighted by Crippen LogP contribution is 2.54. The van der Waals surface area contributed by atoms with E-state index in [0.717, 1.165) is 5.56 Å². The number of benzene rings is 4. The van der Waals surface area contributed by atoms with Crippen molar-refractivity contribution in [2.24, 2.45) is 0 Å². The number of carbonyl (C=O) groups excluding carboxylic acids is 6. The SMILES string of the molecule is CC(=O)Oc1ccc(C=Cc2cc(OC(C)=O)cc3c2[C@@H](c2cc(OC(C)=O)cc(OC(C)=O)c2)[C@H](c2ccc(OC(C)=O)c(OC(C)=O)c2)O3)cc1. The van der Waals surface area contributed by atoms with Crippen molar-refractivity contribution in [2.45, 2.75) is 53.6 Å². The van der Waals surface area contributed by atoms with E-state index in [1.165, 1.54) is 59.7 Å². The molecule has 0 aromatic heterocycles. The molecule has 0 unspecified atom stereocenters. The van der Waals surface area contributed by atoms with Gasteiger partial charge in [0.1, 0.15) is 34.9 Å². The molecule has 1 aliphatic rings. The Morgan fingerprint density at radius 3 is 1.55 bits per heavy atom. The highest BCUT2D eigenvalue weighted by Gasteiger charge is 2.40. The van der Waals surface area contributed by atoms with Gasteiger partial charge < -0.3 is 33.2 Å². The van der Waals surface area contributed by atoms with Gasteiger partial charge in [0.15, 0.2) is 11.5 Å². The fraction of sp³-hybridized carbons (Fsp3) is 0.200. The molecule has 0 saturated heterocycles. The lowest BCUT2D eigenvalue weighted by atomic mass is 9.82. The second-order valence-electron chi connectivity index (χ2n) is 11.8. The largest absolute Gasteiger partial charge is 0.484 e. The van der Waals surface area contributed by atoms with E-state index in [0.29, 0.717) is 33.8 Å². The predicted octanol–water partition coefficient (Wildman–Crippen LogP) is 6.67. The zero-order valence-corrected chi connectivity index (χ0v) is 29.5.